The molecule has 2 aromatic carbocycles. The second-order valence-corrected chi connectivity index (χ2v) is 7.94. The van der Waals surface area contributed by atoms with Crippen molar-refractivity contribution in [2.24, 2.45) is 0 Å². The zero-order valence-electron chi connectivity index (χ0n) is 16.7. The van der Waals surface area contributed by atoms with Gasteiger partial charge < -0.3 is 5.32 Å². The first-order valence-electron chi connectivity index (χ1n) is 9.62. The minimum atomic E-state index is -0.551. The normalized spacial score (nSPS) is 10.9. The second kappa shape index (κ2) is 8.20. The van der Waals surface area contributed by atoms with Crippen LogP contribution >= 0.6 is 11.3 Å². The molecule has 0 atom stereocenters. The summed E-state index contributed by atoms with van der Waals surface area (Å²) in [4.78, 5) is 32.5. The maximum absolute atomic E-state index is 13.4. The Morgan fingerprint density at radius 3 is 2.48 bits per heavy atom. The van der Waals surface area contributed by atoms with E-state index in [0.717, 1.165) is 11.3 Å². The number of halogens is 1. The first-order valence-corrected chi connectivity index (χ1v) is 10.4. The molecule has 0 aliphatic heterocycles. The number of carbonyl (C=O) groups is 1. The molecule has 0 aliphatic carbocycles. The van der Waals surface area contributed by atoms with Gasteiger partial charge in [0.25, 0.3) is 5.91 Å². The van der Waals surface area contributed by atoms with Gasteiger partial charge in [-0.2, -0.15) is 5.10 Å². The Morgan fingerprint density at radius 2 is 1.79 bits per heavy atom. The fourth-order valence-electron chi connectivity index (χ4n) is 3.21. The van der Waals surface area contributed by atoms with E-state index in [0.29, 0.717) is 28.1 Å². The lowest BCUT2D eigenvalue weighted by atomic mass is 10.2. The molecule has 9 nitrogen and oxygen atoms in total. The molecule has 0 bridgehead atoms. The number of nitro groups is 1. The first kappa shape index (κ1) is 20.4. The summed E-state index contributed by atoms with van der Waals surface area (Å²) >= 11 is 0.767. The summed E-state index contributed by atoms with van der Waals surface area (Å²) < 4.78 is 14.9. The van der Waals surface area contributed by atoms with Crippen molar-refractivity contribution in [3.63, 3.8) is 0 Å². The largest absolute Gasteiger partial charge is 0.324 e. The minimum Gasteiger partial charge on any atom is -0.305 e. The molecule has 3 aromatic heterocycles. The van der Waals surface area contributed by atoms with Crippen molar-refractivity contribution in [2.75, 3.05) is 5.32 Å². The standard InChI is InChI=1S/C22H13FN6O3S/c23-14-6-8-15(9-7-14)28-21-16(12-24-28)20(25-19(26-21)13-4-2-1-3-5-13)27-22(30)17-10-11-18(33-17)29(31)32/h1-12H,(H,25,26,27,30). The van der Waals surface area contributed by atoms with Crippen molar-refractivity contribution in [1.82, 2.24) is 19.7 Å². The smallest absolute Gasteiger partial charge is 0.305 e. The summed E-state index contributed by atoms with van der Waals surface area (Å²) in [5.74, 6) is -0.373. The molecule has 162 valence electrons. The van der Waals surface area contributed by atoms with Crippen LogP contribution < -0.4 is 5.32 Å². The van der Waals surface area contributed by atoms with E-state index in [1.165, 1.54) is 35.1 Å². The van der Waals surface area contributed by atoms with Crippen LogP contribution in [0.3, 0.4) is 0 Å². The Labute approximate surface area is 189 Å². The van der Waals surface area contributed by atoms with Crippen molar-refractivity contribution in [1.29, 1.82) is 0 Å². The van der Waals surface area contributed by atoms with E-state index in [1.54, 1.807) is 12.1 Å². The number of nitrogens with zero attached hydrogens (tertiary/aromatic N) is 5. The molecule has 1 N–H and O–H groups in total. The van der Waals surface area contributed by atoms with Crippen LogP contribution in [0.25, 0.3) is 28.1 Å². The number of hydrogen-bond donors (Lipinski definition) is 1. The molecule has 1 amide bonds. The lowest BCUT2D eigenvalue weighted by Crippen LogP contribution is -2.12. The molecule has 0 spiro atoms. The molecule has 0 fully saturated rings. The van der Waals surface area contributed by atoms with Gasteiger partial charge in [-0.05, 0) is 30.3 Å². The highest BCUT2D eigenvalue weighted by Crippen LogP contribution is 2.29. The number of benzene rings is 2. The van der Waals surface area contributed by atoms with Gasteiger partial charge in [-0.25, -0.2) is 19.0 Å². The van der Waals surface area contributed by atoms with Crippen LogP contribution in [0.4, 0.5) is 15.2 Å². The SMILES string of the molecule is O=C(Nc1nc(-c2ccccc2)nc2c1cnn2-c1ccc(F)cc1)c1ccc([N+](=O)[O-])s1. The molecule has 0 unspecified atom stereocenters. The fraction of sp³-hybridized carbons (Fsp3) is 0. The van der Waals surface area contributed by atoms with Gasteiger partial charge >= 0.3 is 5.00 Å². The topological polar surface area (TPSA) is 116 Å². The number of aromatic nitrogens is 4. The summed E-state index contributed by atoms with van der Waals surface area (Å²) in [5.41, 5.74) is 1.70. The van der Waals surface area contributed by atoms with Gasteiger partial charge in [0.2, 0.25) is 0 Å². The zero-order chi connectivity index (χ0) is 22.9. The highest BCUT2D eigenvalue weighted by Gasteiger charge is 2.20. The number of hydrogen-bond acceptors (Lipinski definition) is 7. The summed E-state index contributed by atoms with van der Waals surface area (Å²) in [6.45, 7) is 0. The molecular weight excluding hydrogens is 447 g/mol. The maximum atomic E-state index is 13.4. The van der Waals surface area contributed by atoms with Crippen LogP contribution in [-0.4, -0.2) is 30.6 Å². The molecule has 0 radical (unpaired) electrons. The summed E-state index contributed by atoms with van der Waals surface area (Å²) in [6.07, 6.45) is 1.50. The van der Waals surface area contributed by atoms with Gasteiger partial charge in [0.1, 0.15) is 11.6 Å². The number of rotatable bonds is 5. The highest BCUT2D eigenvalue weighted by atomic mass is 32.1. The van der Waals surface area contributed by atoms with Crippen LogP contribution in [-0.2, 0) is 0 Å². The fourth-order valence-corrected chi connectivity index (χ4v) is 3.92. The third-order valence-corrected chi connectivity index (χ3v) is 5.79. The molecule has 0 saturated carbocycles. The van der Waals surface area contributed by atoms with Crippen LogP contribution in [0.1, 0.15) is 9.67 Å². The van der Waals surface area contributed by atoms with Crippen LogP contribution in [0.15, 0.2) is 72.9 Å². The molecule has 11 heteroatoms. The first-order chi connectivity index (χ1) is 16.0. The number of anilines is 1. The van der Waals surface area contributed by atoms with E-state index in [-0.39, 0.29) is 21.5 Å². The Morgan fingerprint density at radius 1 is 1.03 bits per heavy atom. The lowest BCUT2D eigenvalue weighted by molar-refractivity contribution is -0.380. The average molecular weight is 460 g/mol. The number of amides is 1. The predicted molar refractivity (Wildman–Crippen MR) is 121 cm³/mol. The Kier molecular flexibility index (Phi) is 5.07. The van der Waals surface area contributed by atoms with E-state index in [1.807, 2.05) is 30.3 Å². The number of nitrogens with one attached hydrogen (secondary N) is 1. The van der Waals surface area contributed by atoms with Gasteiger partial charge in [0.15, 0.2) is 11.5 Å². The van der Waals surface area contributed by atoms with Crippen LogP contribution in [0.5, 0.6) is 0 Å². The Balaban J connectivity index is 1.62. The maximum Gasteiger partial charge on any atom is 0.324 e. The van der Waals surface area contributed by atoms with Gasteiger partial charge in [-0.3, -0.25) is 14.9 Å². The average Bonchev–Trinajstić information content (AvgIpc) is 3.48. The minimum absolute atomic E-state index is 0.137. The van der Waals surface area contributed by atoms with Gasteiger partial charge in [-0.1, -0.05) is 41.7 Å². The van der Waals surface area contributed by atoms with E-state index in [2.05, 4.69) is 20.4 Å². The number of carbonyl (C=O) groups excluding carboxylic acids is 1. The second-order valence-electron chi connectivity index (χ2n) is 6.88. The molecule has 33 heavy (non-hydrogen) atoms. The van der Waals surface area contributed by atoms with E-state index in [9.17, 15) is 19.3 Å². The molecular formula is C22H13FN6O3S. The van der Waals surface area contributed by atoms with E-state index < -0.39 is 10.8 Å². The highest BCUT2D eigenvalue weighted by molar-refractivity contribution is 7.17. The molecule has 5 aromatic rings. The molecule has 0 aliphatic rings. The van der Waals surface area contributed by atoms with Crippen molar-refractivity contribution < 1.29 is 14.1 Å². The van der Waals surface area contributed by atoms with Crippen molar-refractivity contribution in [2.45, 2.75) is 0 Å². The predicted octanol–water partition coefficient (Wildman–Crippen LogP) is 4.84. The quantitative estimate of drug-likeness (QED) is 0.296. The van der Waals surface area contributed by atoms with Gasteiger partial charge in [-0.15, -0.1) is 0 Å². The van der Waals surface area contributed by atoms with Crippen LogP contribution in [0, 0.1) is 15.9 Å². The number of fused-ring (bicyclic) bond motifs is 1. The van der Waals surface area contributed by atoms with Crippen molar-refractivity contribution in [3.8, 4) is 17.1 Å². The third-order valence-electron chi connectivity index (χ3n) is 4.76. The van der Waals surface area contributed by atoms with Gasteiger partial charge in [0, 0.05) is 11.6 Å². The van der Waals surface area contributed by atoms with Crippen LogP contribution in [0.2, 0.25) is 0 Å². The molecule has 3 heterocycles. The van der Waals surface area contributed by atoms with Crippen molar-refractivity contribution in [3.05, 3.63) is 93.7 Å². The summed E-state index contributed by atoms with van der Waals surface area (Å²) in [6, 6.07) is 17.6. The lowest BCUT2D eigenvalue weighted by Gasteiger charge is -2.09. The van der Waals surface area contributed by atoms with E-state index >= 15 is 0 Å². The molecule has 0 saturated heterocycles. The number of thiophene rings is 1. The van der Waals surface area contributed by atoms with Crippen molar-refractivity contribution >= 4 is 39.1 Å². The summed E-state index contributed by atoms with van der Waals surface area (Å²) in [7, 11) is 0. The zero-order valence-corrected chi connectivity index (χ0v) is 17.5. The van der Waals surface area contributed by atoms with E-state index in [4.69, 9.17) is 0 Å². The third kappa shape index (κ3) is 3.92. The Bertz CT molecular complexity index is 1500. The Hall–Kier alpha value is -4.51. The van der Waals surface area contributed by atoms with Gasteiger partial charge in [0.05, 0.1) is 27.1 Å². The summed E-state index contributed by atoms with van der Waals surface area (Å²) in [5, 5.41) is 18.4. The molecule has 5 rings (SSSR count). The monoisotopic (exact) mass is 460 g/mol.